The highest BCUT2D eigenvalue weighted by atomic mass is 32.2. The van der Waals surface area contributed by atoms with Crippen LogP contribution in [0.5, 0.6) is 0 Å². The Kier molecular flexibility index (Phi) is 9.67. The van der Waals surface area contributed by atoms with E-state index in [1.54, 1.807) is 20.8 Å². The fourth-order valence-corrected chi connectivity index (χ4v) is 2.07. The summed E-state index contributed by atoms with van der Waals surface area (Å²) in [5, 5.41) is 8.94. The second-order valence-corrected chi connectivity index (χ2v) is 7.60. The van der Waals surface area contributed by atoms with Crippen molar-refractivity contribution >= 4 is 23.8 Å². The lowest BCUT2D eigenvalue weighted by atomic mass is 10.2. The van der Waals surface area contributed by atoms with Gasteiger partial charge in [-0.05, 0) is 20.8 Å². The monoisotopic (exact) mass is 343 g/mol. The van der Waals surface area contributed by atoms with Crippen molar-refractivity contribution < 1.29 is 14.3 Å². The van der Waals surface area contributed by atoms with E-state index in [1.807, 2.05) is 13.8 Å². The number of amides is 2. The van der Waals surface area contributed by atoms with Gasteiger partial charge in [-0.3, -0.25) is 4.79 Å². The first-order valence-corrected chi connectivity index (χ1v) is 8.36. The highest BCUT2D eigenvalue weighted by molar-refractivity contribution is 8.06. The summed E-state index contributed by atoms with van der Waals surface area (Å²) in [6.07, 6.45) is -0.130. The average molecular weight is 343 g/mol. The molecule has 0 aromatic carbocycles. The Morgan fingerprint density at radius 2 is 1.83 bits per heavy atom. The lowest BCUT2D eigenvalue weighted by molar-refractivity contribution is -0.120. The zero-order valence-electron chi connectivity index (χ0n) is 14.7. The van der Waals surface area contributed by atoms with Crippen LogP contribution in [0.3, 0.4) is 0 Å². The van der Waals surface area contributed by atoms with Crippen LogP contribution in [0.1, 0.15) is 41.0 Å². The normalized spacial score (nSPS) is 11.0. The first-order chi connectivity index (χ1) is 10.5. The molecule has 0 aliphatic heterocycles. The molecule has 132 valence electrons. The van der Waals surface area contributed by atoms with Gasteiger partial charge in [-0.1, -0.05) is 38.8 Å². The van der Waals surface area contributed by atoms with E-state index < -0.39 is 11.7 Å². The van der Waals surface area contributed by atoms with Crippen molar-refractivity contribution in [1.82, 2.24) is 16.0 Å². The molecule has 0 aromatic heterocycles. The lowest BCUT2D eigenvalue weighted by Crippen LogP contribution is -2.33. The minimum absolute atomic E-state index is 0.108. The van der Waals surface area contributed by atoms with Gasteiger partial charge in [-0.15, -0.1) is 0 Å². The molecule has 0 atom stereocenters. The molecule has 0 aliphatic carbocycles. The van der Waals surface area contributed by atoms with Crippen LogP contribution in [0, 0.1) is 0 Å². The Bertz CT molecular complexity index is 442. The molecular formula is C16H29N3O3S. The van der Waals surface area contributed by atoms with Crippen LogP contribution in [0.4, 0.5) is 4.79 Å². The Labute approximate surface area is 143 Å². The number of nitrogens with one attached hydrogen (secondary N) is 3. The molecule has 0 heterocycles. The number of carbonyl (C=O) groups is 2. The number of alkyl carbamates (subject to hydrolysis) is 1. The Balaban J connectivity index is 3.95. The topological polar surface area (TPSA) is 79.5 Å². The molecule has 6 nitrogen and oxygen atoms in total. The van der Waals surface area contributed by atoms with Crippen LogP contribution in [-0.4, -0.2) is 36.7 Å². The third kappa shape index (κ3) is 13.9. The molecule has 7 heteroatoms. The van der Waals surface area contributed by atoms with Gasteiger partial charge in [0.25, 0.3) is 0 Å². The number of rotatable bonds is 9. The highest BCUT2D eigenvalue weighted by Gasteiger charge is 2.16. The van der Waals surface area contributed by atoms with Crippen LogP contribution in [-0.2, 0) is 9.53 Å². The summed E-state index contributed by atoms with van der Waals surface area (Å²) in [5.41, 5.74) is -0.542. The average Bonchev–Trinajstić information content (AvgIpc) is 2.33. The van der Waals surface area contributed by atoms with Crippen LogP contribution in [0.25, 0.3) is 0 Å². The van der Waals surface area contributed by atoms with Gasteiger partial charge < -0.3 is 20.7 Å². The summed E-state index contributed by atoms with van der Waals surface area (Å²) in [7, 11) is 0. The maximum Gasteiger partial charge on any atom is 0.407 e. The van der Waals surface area contributed by atoms with Crippen molar-refractivity contribution in [3.63, 3.8) is 0 Å². The second kappa shape index (κ2) is 10.3. The summed E-state index contributed by atoms with van der Waals surface area (Å²) in [4.78, 5) is 23.9. The zero-order chi connectivity index (χ0) is 18.0. The molecule has 0 unspecified atom stereocenters. The van der Waals surface area contributed by atoms with E-state index in [1.165, 1.54) is 11.8 Å². The highest BCUT2D eigenvalue weighted by Crippen LogP contribution is 2.19. The van der Waals surface area contributed by atoms with Crippen molar-refractivity contribution in [2.24, 2.45) is 0 Å². The molecular weight excluding hydrogens is 314 g/mol. The second-order valence-electron chi connectivity index (χ2n) is 6.33. The molecule has 0 rings (SSSR count). The minimum Gasteiger partial charge on any atom is -0.444 e. The van der Waals surface area contributed by atoms with Crippen LogP contribution in [0.2, 0.25) is 0 Å². The molecule has 0 saturated heterocycles. The van der Waals surface area contributed by atoms with E-state index in [0.29, 0.717) is 28.9 Å². The smallest absolute Gasteiger partial charge is 0.407 e. The first-order valence-electron chi connectivity index (χ1n) is 7.54. The zero-order valence-corrected chi connectivity index (χ0v) is 15.6. The van der Waals surface area contributed by atoms with Gasteiger partial charge >= 0.3 is 6.09 Å². The molecule has 3 N–H and O–H groups in total. The predicted octanol–water partition coefficient (Wildman–Crippen LogP) is 2.73. The fraction of sp³-hybridized carbons (Fsp3) is 0.625. The summed E-state index contributed by atoms with van der Waals surface area (Å²) in [6, 6.07) is 0.346. The molecule has 23 heavy (non-hydrogen) atoms. The molecule has 0 spiro atoms. The van der Waals surface area contributed by atoms with Gasteiger partial charge in [0.15, 0.2) is 0 Å². The number of ether oxygens (including phenoxy) is 1. The van der Waals surface area contributed by atoms with Crippen molar-refractivity contribution in [2.75, 3.05) is 13.1 Å². The Hall–Kier alpha value is -1.47. The van der Waals surface area contributed by atoms with Gasteiger partial charge in [0, 0.05) is 23.9 Å². The van der Waals surface area contributed by atoms with E-state index in [4.69, 9.17) is 4.74 Å². The van der Waals surface area contributed by atoms with E-state index >= 15 is 0 Å². The maximum atomic E-state index is 11.7. The molecule has 0 fully saturated rings. The van der Waals surface area contributed by atoms with Gasteiger partial charge in [0.2, 0.25) is 5.91 Å². The SMILES string of the molecule is C=C(CNC(=O)OC(C)(C)C)SC(=C)NC(=O)CCNC(C)C. The van der Waals surface area contributed by atoms with Gasteiger partial charge in [0.05, 0.1) is 11.6 Å². The van der Waals surface area contributed by atoms with Crippen molar-refractivity contribution in [1.29, 1.82) is 0 Å². The minimum atomic E-state index is -0.542. The number of hydrogen-bond acceptors (Lipinski definition) is 5. The Morgan fingerprint density at radius 1 is 1.22 bits per heavy atom. The molecule has 0 aromatic rings. The standard InChI is InChI=1S/C16H29N3O3S/c1-11(2)17-9-8-14(20)19-13(4)23-12(3)10-18-15(21)22-16(5,6)7/h11,17H,3-4,8-10H2,1-2,5-7H3,(H,18,21)(H,19,20). The lowest BCUT2D eigenvalue weighted by Gasteiger charge is -2.20. The van der Waals surface area contributed by atoms with E-state index in [0.717, 1.165) is 0 Å². The molecule has 2 amide bonds. The van der Waals surface area contributed by atoms with Gasteiger partial charge in [-0.2, -0.15) is 0 Å². The van der Waals surface area contributed by atoms with Crippen molar-refractivity contribution in [3.05, 3.63) is 23.1 Å². The van der Waals surface area contributed by atoms with E-state index in [9.17, 15) is 9.59 Å². The van der Waals surface area contributed by atoms with Crippen LogP contribution in [0.15, 0.2) is 23.1 Å². The molecule has 0 bridgehead atoms. The molecule has 0 radical (unpaired) electrons. The first kappa shape index (κ1) is 21.5. The quantitative estimate of drug-likeness (QED) is 0.600. The number of carbonyl (C=O) groups excluding carboxylic acids is 2. The van der Waals surface area contributed by atoms with Crippen LogP contribution >= 0.6 is 11.8 Å². The van der Waals surface area contributed by atoms with Crippen LogP contribution < -0.4 is 16.0 Å². The summed E-state index contributed by atoms with van der Waals surface area (Å²) in [5.74, 6) is -0.108. The van der Waals surface area contributed by atoms with Gasteiger partial charge in [0.1, 0.15) is 5.60 Å². The number of thioether (sulfide) groups is 1. The fourth-order valence-electron chi connectivity index (χ4n) is 1.41. The maximum absolute atomic E-state index is 11.7. The Morgan fingerprint density at radius 3 is 2.35 bits per heavy atom. The predicted molar refractivity (Wildman–Crippen MR) is 96.0 cm³/mol. The summed E-state index contributed by atoms with van der Waals surface area (Å²) in [6.45, 7) is 17.9. The largest absolute Gasteiger partial charge is 0.444 e. The van der Waals surface area contributed by atoms with E-state index in [-0.39, 0.29) is 12.5 Å². The summed E-state index contributed by atoms with van der Waals surface area (Å²) < 4.78 is 5.12. The van der Waals surface area contributed by atoms with Crippen molar-refractivity contribution in [2.45, 2.75) is 52.7 Å². The van der Waals surface area contributed by atoms with Crippen molar-refractivity contribution in [3.8, 4) is 0 Å². The third-order valence-electron chi connectivity index (χ3n) is 2.28. The van der Waals surface area contributed by atoms with E-state index in [2.05, 4.69) is 29.1 Å². The van der Waals surface area contributed by atoms with Gasteiger partial charge in [-0.25, -0.2) is 4.79 Å². The summed E-state index contributed by atoms with van der Waals surface area (Å²) >= 11 is 1.22. The molecule has 0 saturated carbocycles. The number of hydrogen-bond donors (Lipinski definition) is 3. The molecule has 0 aliphatic rings. The third-order valence-corrected chi connectivity index (χ3v) is 3.06.